The van der Waals surface area contributed by atoms with Crippen LogP contribution in [0.25, 0.3) is 0 Å². The van der Waals surface area contributed by atoms with Gasteiger partial charge in [0.05, 0.1) is 11.5 Å². The Morgan fingerprint density at radius 1 is 1.30 bits per heavy atom. The first-order valence-electron chi connectivity index (χ1n) is 9.79. The van der Waals surface area contributed by atoms with Gasteiger partial charge in [0.1, 0.15) is 5.75 Å². The monoisotopic (exact) mass is 397 g/mol. The summed E-state index contributed by atoms with van der Waals surface area (Å²) in [6.45, 7) is 6.88. The number of ether oxygens (including phenoxy) is 2. The second-order valence-corrected chi connectivity index (χ2v) is 9.16. The molecule has 0 radical (unpaired) electrons. The fourth-order valence-corrected chi connectivity index (χ4v) is 4.01. The van der Waals surface area contributed by atoms with Gasteiger partial charge in [-0.15, -0.1) is 0 Å². The predicted octanol–water partition coefficient (Wildman–Crippen LogP) is 3.44. The molecule has 0 fully saturated rings. The quantitative estimate of drug-likeness (QED) is 0.483. The molecule has 0 spiro atoms. The minimum atomic E-state index is -3.53. The third-order valence-corrected chi connectivity index (χ3v) is 5.89. The molecule has 0 bridgehead atoms. The largest absolute Gasteiger partial charge is 0.478 e. The van der Waals surface area contributed by atoms with Gasteiger partial charge in [-0.3, -0.25) is 0 Å². The van der Waals surface area contributed by atoms with Gasteiger partial charge in [0.15, 0.2) is 6.10 Å². The van der Waals surface area contributed by atoms with Gasteiger partial charge in [0.25, 0.3) is 0 Å². The van der Waals surface area contributed by atoms with E-state index in [0.717, 1.165) is 31.2 Å². The Morgan fingerprint density at radius 2 is 2.07 bits per heavy atom. The van der Waals surface area contributed by atoms with E-state index < -0.39 is 16.1 Å². The Morgan fingerprint density at radius 3 is 2.78 bits per heavy atom. The highest BCUT2D eigenvalue weighted by atomic mass is 32.2. The van der Waals surface area contributed by atoms with Crippen LogP contribution in [-0.4, -0.2) is 33.6 Å². The van der Waals surface area contributed by atoms with Crippen LogP contribution >= 0.6 is 0 Å². The summed E-state index contributed by atoms with van der Waals surface area (Å²) in [6, 6.07) is 4.79. The molecule has 1 aromatic carbocycles. The maximum Gasteiger partial charge on any atom is 0.347 e. The van der Waals surface area contributed by atoms with E-state index in [4.69, 9.17) is 9.47 Å². The first-order valence-corrected chi connectivity index (χ1v) is 11.3. The standard InChI is InChI=1S/C20H31NO5S/c1-4-5-6-7-12-21-27(23,24)17-9-11-18-16(13-17)8-10-19(26-18)20(22)25-14-15(2)3/h9,11,13,15,19,21H,4-8,10,12,14H2,1-3H3/t19-/m1/s1. The van der Waals surface area contributed by atoms with Crippen molar-refractivity contribution in [2.45, 2.75) is 70.3 Å². The molecule has 0 aromatic heterocycles. The first-order chi connectivity index (χ1) is 12.8. The number of carbonyl (C=O) groups excluding carboxylic acids is 1. The molecular formula is C20H31NO5S. The molecule has 1 aliphatic heterocycles. The summed E-state index contributed by atoms with van der Waals surface area (Å²) >= 11 is 0. The maximum atomic E-state index is 12.4. The molecule has 0 saturated carbocycles. The lowest BCUT2D eigenvalue weighted by atomic mass is 10.0. The van der Waals surface area contributed by atoms with Crippen LogP contribution < -0.4 is 9.46 Å². The van der Waals surface area contributed by atoms with E-state index in [9.17, 15) is 13.2 Å². The third-order valence-electron chi connectivity index (χ3n) is 4.43. The molecule has 7 heteroatoms. The Hall–Kier alpha value is -1.60. The van der Waals surface area contributed by atoms with Crippen LogP contribution in [0.4, 0.5) is 0 Å². The minimum absolute atomic E-state index is 0.237. The average molecular weight is 398 g/mol. The zero-order chi connectivity index (χ0) is 19.9. The first kappa shape index (κ1) is 21.7. The van der Waals surface area contributed by atoms with E-state index in [-0.39, 0.29) is 16.8 Å². The number of nitrogens with one attached hydrogen (secondary N) is 1. The summed E-state index contributed by atoms with van der Waals surface area (Å²) in [6.07, 6.45) is 4.51. The minimum Gasteiger partial charge on any atom is -0.478 e. The topological polar surface area (TPSA) is 81.7 Å². The van der Waals surface area contributed by atoms with E-state index in [1.807, 2.05) is 13.8 Å². The fraction of sp³-hybridized carbons (Fsp3) is 0.650. The van der Waals surface area contributed by atoms with Crippen LogP contribution in [0, 0.1) is 5.92 Å². The second kappa shape index (κ2) is 10.1. The summed E-state index contributed by atoms with van der Waals surface area (Å²) < 4.78 is 38.5. The summed E-state index contributed by atoms with van der Waals surface area (Å²) in [7, 11) is -3.53. The normalized spacial score (nSPS) is 16.7. The molecule has 1 aliphatic rings. The van der Waals surface area contributed by atoms with E-state index >= 15 is 0 Å². The van der Waals surface area contributed by atoms with Crippen molar-refractivity contribution in [3.63, 3.8) is 0 Å². The Kier molecular flexibility index (Phi) is 8.10. The van der Waals surface area contributed by atoms with E-state index in [1.54, 1.807) is 12.1 Å². The summed E-state index contributed by atoms with van der Waals surface area (Å²) in [5.74, 6) is 0.460. The second-order valence-electron chi connectivity index (χ2n) is 7.40. The number of carbonyl (C=O) groups is 1. The summed E-state index contributed by atoms with van der Waals surface area (Å²) in [5, 5.41) is 0. The molecule has 1 heterocycles. The highest BCUT2D eigenvalue weighted by Gasteiger charge is 2.28. The Labute approximate surface area is 162 Å². The van der Waals surface area contributed by atoms with Crippen molar-refractivity contribution >= 4 is 16.0 Å². The molecular weight excluding hydrogens is 366 g/mol. The zero-order valence-corrected chi connectivity index (χ0v) is 17.3. The van der Waals surface area contributed by atoms with Crippen molar-refractivity contribution in [2.75, 3.05) is 13.2 Å². The van der Waals surface area contributed by atoms with Crippen LogP contribution in [-0.2, 0) is 26.0 Å². The number of hydrogen-bond acceptors (Lipinski definition) is 5. The third kappa shape index (κ3) is 6.50. The smallest absolute Gasteiger partial charge is 0.347 e. The SMILES string of the molecule is CCCCCCNS(=O)(=O)c1ccc2c(c1)CC[C@H](C(=O)OCC(C)C)O2. The molecule has 152 valence electrons. The van der Waals surface area contributed by atoms with Gasteiger partial charge in [-0.25, -0.2) is 17.9 Å². The lowest BCUT2D eigenvalue weighted by molar-refractivity contribution is -0.153. The Bertz CT molecular complexity index is 730. The van der Waals surface area contributed by atoms with Crippen molar-refractivity contribution < 1.29 is 22.7 Å². The van der Waals surface area contributed by atoms with E-state index in [1.165, 1.54) is 6.07 Å². The molecule has 1 atom stereocenters. The molecule has 1 aromatic rings. The molecule has 27 heavy (non-hydrogen) atoms. The highest BCUT2D eigenvalue weighted by Crippen LogP contribution is 2.30. The van der Waals surface area contributed by atoms with Crippen LogP contribution in [0.2, 0.25) is 0 Å². The number of sulfonamides is 1. The maximum absolute atomic E-state index is 12.4. The van der Waals surface area contributed by atoms with Crippen LogP contribution in [0.5, 0.6) is 5.75 Å². The average Bonchev–Trinajstić information content (AvgIpc) is 2.65. The van der Waals surface area contributed by atoms with Crippen molar-refractivity contribution in [2.24, 2.45) is 5.92 Å². The predicted molar refractivity (Wildman–Crippen MR) is 104 cm³/mol. The summed E-state index contributed by atoms with van der Waals surface area (Å²) in [5.41, 5.74) is 0.803. The molecule has 1 N–H and O–H groups in total. The van der Waals surface area contributed by atoms with Gasteiger partial charge >= 0.3 is 5.97 Å². The van der Waals surface area contributed by atoms with Gasteiger partial charge in [-0.1, -0.05) is 40.0 Å². The number of aryl methyl sites for hydroxylation is 1. The molecule has 6 nitrogen and oxygen atoms in total. The van der Waals surface area contributed by atoms with Crippen LogP contribution in [0.1, 0.15) is 58.4 Å². The molecule has 0 aliphatic carbocycles. The van der Waals surface area contributed by atoms with Gasteiger partial charge in [0, 0.05) is 6.54 Å². The summed E-state index contributed by atoms with van der Waals surface area (Å²) in [4.78, 5) is 12.3. The lowest BCUT2D eigenvalue weighted by Crippen LogP contribution is -2.33. The van der Waals surface area contributed by atoms with Gasteiger partial charge in [-0.05, 0) is 48.9 Å². The zero-order valence-electron chi connectivity index (χ0n) is 16.5. The Balaban J connectivity index is 1.96. The number of unbranched alkanes of at least 4 members (excludes halogenated alkanes) is 3. The van der Waals surface area contributed by atoms with Crippen LogP contribution in [0.15, 0.2) is 23.1 Å². The van der Waals surface area contributed by atoms with E-state index in [0.29, 0.717) is 31.7 Å². The molecule has 0 unspecified atom stereocenters. The van der Waals surface area contributed by atoms with Gasteiger partial charge < -0.3 is 9.47 Å². The van der Waals surface area contributed by atoms with Crippen molar-refractivity contribution in [1.29, 1.82) is 0 Å². The fourth-order valence-electron chi connectivity index (χ4n) is 2.88. The number of fused-ring (bicyclic) bond motifs is 1. The van der Waals surface area contributed by atoms with Crippen molar-refractivity contribution in [1.82, 2.24) is 4.72 Å². The number of benzene rings is 1. The number of rotatable bonds is 10. The number of esters is 1. The van der Waals surface area contributed by atoms with Crippen LogP contribution in [0.3, 0.4) is 0 Å². The highest BCUT2D eigenvalue weighted by molar-refractivity contribution is 7.89. The molecule has 2 rings (SSSR count). The number of hydrogen-bond donors (Lipinski definition) is 1. The lowest BCUT2D eigenvalue weighted by Gasteiger charge is -2.25. The van der Waals surface area contributed by atoms with Crippen molar-refractivity contribution in [3.8, 4) is 5.75 Å². The molecule has 0 saturated heterocycles. The molecule has 0 amide bonds. The van der Waals surface area contributed by atoms with E-state index in [2.05, 4.69) is 11.6 Å². The van der Waals surface area contributed by atoms with Gasteiger partial charge in [-0.2, -0.15) is 0 Å². The van der Waals surface area contributed by atoms with Gasteiger partial charge in [0.2, 0.25) is 10.0 Å². The van der Waals surface area contributed by atoms with Crippen molar-refractivity contribution in [3.05, 3.63) is 23.8 Å².